The van der Waals surface area contributed by atoms with Crippen LogP contribution >= 0.6 is 7.14 Å². The molecular formula is C24H30F3N6O3PS. The van der Waals surface area contributed by atoms with Crippen LogP contribution in [0.3, 0.4) is 0 Å². The topological polar surface area (TPSA) is 117 Å². The molecule has 0 unspecified atom stereocenters. The first-order valence-electron chi connectivity index (χ1n) is 11.7. The molecule has 0 amide bonds. The van der Waals surface area contributed by atoms with Crippen LogP contribution in [-0.4, -0.2) is 49.0 Å². The van der Waals surface area contributed by atoms with Gasteiger partial charge in [-0.2, -0.15) is 18.2 Å². The Labute approximate surface area is 220 Å². The minimum absolute atomic E-state index is 0.0688. The van der Waals surface area contributed by atoms with Crippen molar-refractivity contribution in [2.75, 3.05) is 40.6 Å². The molecule has 9 nitrogen and oxygen atoms in total. The van der Waals surface area contributed by atoms with Crippen LogP contribution in [0.15, 0.2) is 48.8 Å². The second kappa shape index (κ2) is 11.7. The summed E-state index contributed by atoms with van der Waals surface area (Å²) >= 11 is 0. The second-order valence-corrected chi connectivity index (χ2v) is 14.4. The van der Waals surface area contributed by atoms with Gasteiger partial charge in [0, 0.05) is 43.4 Å². The highest BCUT2D eigenvalue weighted by Crippen LogP contribution is 2.48. The van der Waals surface area contributed by atoms with Gasteiger partial charge in [0.1, 0.15) is 17.2 Å². The van der Waals surface area contributed by atoms with E-state index in [1.165, 1.54) is 13.2 Å². The van der Waals surface area contributed by atoms with Crippen molar-refractivity contribution in [3.63, 3.8) is 0 Å². The van der Waals surface area contributed by atoms with E-state index in [0.717, 1.165) is 16.1 Å². The smallest absolute Gasteiger partial charge is 0.365 e. The number of benzene rings is 1. The number of hydrogen-bond donors (Lipinski definition) is 2. The Morgan fingerprint density at radius 2 is 1.71 bits per heavy atom. The fraction of sp³-hybridized carbons (Fsp3) is 0.375. The van der Waals surface area contributed by atoms with Crippen molar-refractivity contribution in [2.24, 2.45) is 0 Å². The van der Waals surface area contributed by atoms with Crippen molar-refractivity contribution < 1.29 is 26.2 Å². The van der Waals surface area contributed by atoms with Crippen molar-refractivity contribution in [1.29, 1.82) is 0 Å². The van der Waals surface area contributed by atoms with Gasteiger partial charge < -0.3 is 15.2 Å². The lowest BCUT2D eigenvalue weighted by atomic mass is 10.2. The van der Waals surface area contributed by atoms with Crippen LogP contribution in [0.1, 0.15) is 30.5 Å². The largest absolute Gasteiger partial charge is 0.421 e. The van der Waals surface area contributed by atoms with Crippen LogP contribution < -0.4 is 14.9 Å². The Morgan fingerprint density at radius 3 is 2.29 bits per heavy atom. The predicted molar refractivity (Wildman–Crippen MR) is 144 cm³/mol. The van der Waals surface area contributed by atoms with E-state index in [-0.39, 0.29) is 18.3 Å². The molecule has 38 heavy (non-hydrogen) atoms. The van der Waals surface area contributed by atoms with Crippen molar-refractivity contribution >= 4 is 40.4 Å². The molecule has 0 fully saturated rings. The van der Waals surface area contributed by atoms with E-state index in [0.29, 0.717) is 35.9 Å². The number of pyridine rings is 1. The van der Waals surface area contributed by atoms with Crippen LogP contribution in [0.5, 0.6) is 0 Å². The van der Waals surface area contributed by atoms with Gasteiger partial charge in [-0.25, -0.2) is 18.4 Å². The average molecular weight is 571 g/mol. The van der Waals surface area contributed by atoms with E-state index in [1.54, 1.807) is 24.3 Å². The number of anilines is 4. The summed E-state index contributed by atoms with van der Waals surface area (Å²) in [4.78, 5) is 11.9. The summed E-state index contributed by atoms with van der Waals surface area (Å²) < 4.78 is 78.6. The quantitative estimate of drug-likeness (QED) is 0.289. The number of alkyl halides is 3. The number of aromatic nitrogens is 3. The van der Waals surface area contributed by atoms with E-state index in [1.807, 2.05) is 26.0 Å². The zero-order valence-electron chi connectivity index (χ0n) is 21.5. The summed E-state index contributed by atoms with van der Waals surface area (Å²) in [5.41, 5.74) is 0.736. The first kappa shape index (κ1) is 29.4. The first-order chi connectivity index (χ1) is 17.8. The zero-order valence-corrected chi connectivity index (χ0v) is 23.2. The summed E-state index contributed by atoms with van der Waals surface area (Å²) in [7, 11) is -4.60. The number of nitrogens with zero attached hydrogens (tertiary/aromatic N) is 4. The second-order valence-electron chi connectivity index (χ2n) is 8.69. The van der Waals surface area contributed by atoms with Gasteiger partial charge in [-0.3, -0.25) is 4.31 Å². The minimum atomic E-state index is -4.73. The van der Waals surface area contributed by atoms with Gasteiger partial charge in [-0.05, 0) is 36.1 Å². The standard InChI is InChI=1S/C24H30F3N6O3PS/c1-5-37(34,6-2)16-17-9-11-19(12-10-17)31-23-30-15-20(24(25,26)27)21(32-23)29-14-18-8-7-13-28-22(18)33(3)38(4,35)36/h7-13,15H,5-6,14,16H2,1-4H3,(H2,29,30,31,32). The highest BCUT2D eigenvalue weighted by atomic mass is 32.2. The van der Waals surface area contributed by atoms with Crippen molar-refractivity contribution in [3.8, 4) is 0 Å². The Bertz CT molecular complexity index is 1410. The van der Waals surface area contributed by atoms with Gasteiger partial charge in [0.2, 0.25) is 16.0 Å². The van der Waals surface area contributed by atoms with Crippen LogP contribution in [0.2, 0.25) is 0 Å². The van der Waals surface area contributed by atoms with Crippen LogP contribution in [0.25, 0.3) is 0 Å². The fourth-order valence-corrected chi connectivity index (χ4v) is 5.82. The van der Waals surface area contributed by atoms with Gasteiger partial charge in [0.05, 0.1) is 13.4 Å². The lowest BCUT2D eigenvalue weighted by Gasteiger charge is -2.20. The highest BCUT2D eigenvalue weighted by Gasteiger charge is 2.35. The number of nitrogens with one attached hydrogen (secondary N) is 2. The molecule has 0 saturated carbocycles. The number of sulfonamides is 1. The molecule has 2 heterocycles. The summed E-state index contributed by atoms with van der Waals surface area (Å²) in [6.45, 7) is 3.64. The maximum Gasteiger partial charge on any atom is 0.421 e. The van der Waals surface area contributed by atoms with Gasteiger partial charge in [-0.15, -0.1) is 0 Å². The first-order valence-corrected chi connectivity index (χ1v) is 15.9. The van der Waals surface area contributed by atoms with Crippen LogP contribution in [0, 0.1) is 0 Å². The highest BCUT2D eigenvalue weighted by molar-refractivity contribution is 7.92. The van der Waals surface area contributed by atoms with Crippen LogP contribution in [0.4, 0.5) is 36.4 Å². The maximum absolute atomic E-state index is 13.7. The van der Waals surface area contributed by atoms with Gasteiger partial charge in [-0.1, -0.05) is 32.0 Å². The maximum atomic E-state index is 13.7. The molecule has 14 heteroatoms. The van der Waals surface area contributed by atoms with Crippen molar-refractivity contribution in [2.45, 2.75) is 32.7 Å². The van der Waals surface area contributed by atoms with E-state index < -0.39 is 34.7 Å². The van der Waals surface area contributed by atoms with Crippen LogP contribution in [-0.2, 0) is 33.5 Å². The monoisotopic (exact) mass is 570 g/mol. The molecule has 206 valence electrons. The predicted octanol–water partition coefficient (Wildman–Crippen LogP) is 5.54. The van der Waals surface area contributed by atoms with E-state index >= 15 is 0 Å². The normalized spacial score (nSPS) is 12.3. The third kappa shape index (κ3) is 7.44. The molecule has 0 aliphatic rings. The summed E-state index contributed by atoms with van der Waals surface area (Å²) in [5.74, 6) is -0.463. The van der Waals surface area contributed by atoms with Crippen molar-refractivity contribution in [1.82, 2.24) is 15.0 Å². The molecule has 0 atom stereocenters. The Hall–Kier alpha value is -3.18. The van der Waals surface area contributed by atoms with Gasteiger partial charge in [0.15, 0.2) is 0 Å². The summed E-state index contributed by atoms with van der Waals surface area (Å²) in [6, 6.07) is 10.2. The molecule has 0 aliphatic heterocycles. The molecule has 3 rings (SSSR count). The molecular weight excluding hydrogens is 540 g/mol. The third-order valence-corrected chi connectivity index (χ3v) is 10.5. The molecule has 0 bridgehead atoms. The third-order valence-electron chi connectivity index (χ3n) is 6.04. The average Bonchev–Trinajstić information content (AvgIpc) is 2.87. The van der Waals surface area contributed by atoms with E-state index in [2.05, 4.69) is 25.6 Å². The lowest BCUT2D eigenvalue weighted by molar-refractivity contribution is -0.137. The molecule has 0 aliphatic carbocycles. The number of rotatable bonds is 11. The zero-order chi connectivity index (χ0) is 28.1. The Morgan fingerprint density at radius 1 is 1.05 bits per heavy atom. The Kier molecular flexibility index (Phi) is 9.04. The Balaban J connectivity index is 1.84. The lowest BCUT2D eigenvalue weighted by Crippen LogP contribution is -2.27. The van der Waals surface area contributed by atoms with Crippen molar-refractivity contribution in [3.05, 3.63) is 65.5 Å². The van der Waals surface area contributed by atoms with Gasteiger partial charge in [0.25, 0.3) is 0 Å². The molecule has 1 aromatic carbocycles. The molecule has 0 radical (unpaired) electrons. The van der Waals surface area contributed by atoms with E-state index in [9.17, 15) is 26.2 Å². The molecule has 2 N–H and O–H groups in total. The molecule has 2 aromatic heterocycles. The van der Waals surface area contributed by atoms with E-state index in [4.69, 9.17) is 0 Å². The summed E-state index contributed by atoms with van der Waals surface area (Å²) in [6.07, 6.45) is 0.0576. The summed E-state index contributed by atoms with van der Waals surface area (Å²) in [5, 5.41) is 5.54. The fourth-order valence-electron chi connectivity index (χ4n) is 3.57. The van der Waals surface area contributed by atoms with Gasteiger partial charge >= 0.3 is 6.18 Å². The number of halogens is 3. The molecule has 3 aromatic rings. The molecule has 0 saturated heterocycles. The number of hydrogen-bond acceptors (Lipinski definition) is 8. The SMILES string of the molecule is CCP(=O)(CC)Cc1ccc(Nc2ncc(C(F)(F)F)c(NCc3cccnc3N(C)S(C)(=O)=O)n2)cc1. The minimum Gasteiger partial charge on any atom is -0.365 e. The molecule has 0 spiro atoms.